The first-order chi connectivity index (χ1) is 9.96. The zero-order valence-corrected chi connectivity index (χ0v) is 13.3. The first-order valence-corrected chi connectivity index (χ1v) is 8.89. The highest BCUT2D eigenvalue weighted by molar-refractivity contribution is 7.89. The molecule has 1 aliphatic carbocycles. The molecule has 0 saturated heterocycles. The van der Waals surface area contributed by atoms with Gasteiger partial charge in [-0.05, 0) is 43.5 Å². The van der Waals surface area contributed by atoms with Crippen molar-refractivity contribution >= 4 is 15.7 Å². The summed E-state index contributed by atoms with van der Waals surface area (Å²) in [4.78, 5) is 0.258. The van der Waals surface area contributed by atoms with Crippen LogP contribution in [0.5, 0.6) is 0 Å². The highest BCUT2D eigenvalue weighted by atomic mass is 32.2. The molecule has 0 unspecified atom stereocenters. The first-order valence-electron chi connectivity index (χ1n) is 7.45. The van der Waals surface area contributed by atoms with Crippen LogP contribution in [0.1, 0.15) is 37.7 Å². The van der Waals surface area contributed by atoms with Gasteiger partial charge in [-0.1, -0.05) is 19.3 Å². The maximum absolute atomic E-state index is 12.9. The van der Waals surface area contributed by atoms with Crippen LogP contribution in [0, 0.1) is 6.92 Å². The summed E-state index contributed by atoms with van der Waals surface area (Å²) in [6.07, 6.45) is 4.98. The number of benzene rings is 1. The maximum Gasteiger partial charge on any atom is 0.243 e. The highest BCUT2D eigenvalue weighted by Crippen LogP contribution is 2.28. The second-order valence-corrected chi connectivity index (χ2v) is 7.54. The Morgan fingerprint density at radius 1 is 1.29 bits per heavy atom. The minimum absolute atomic E-state index is 0.00578. The number of hydrogen-bond donors (Lipinski definition) is 2. The predicted octanol–water partition coefficient (Wildman–Crippen LogP) is 1.89. The van der Waals surface area contributed by atoms with Gasteiger partial charge in [-0.15, -0.1) is 0 Å². The van der Waals surface area contributed by atoms with E-state index in [1.165, 1.54) is 4.31 Å². The van der Waals surface area contributed by atoms with Crippen LogP contribution in [-0.4, -0.2) is 37.0 Å². The summed E-state index contributed by atoms with van der Waals surface area (Å²) in [7, 11) is -3.58. The highest BCUT2D eigenvalue weighted by Gasteiger charge is 2.32. The molecule has 1 aliphatic rings. The van der Waals surface area contributed by atoms with Gasteiger partial charge in [0.25, 0.3) is 0 Å². The molecule has 0 amide bonds. The number of hydrogen-bond acceptors (Lipinski definition) is 4. The van der Waals surface area contributed by atoms with Crippen LogP contribution in [0.3, 0.4) is 0 Å². The zero-order valence-electron chi connectivity index (χ0n) is 12.5. The summed E-state index contributed by atoms with van der Waals surface area (Å²) >= 11 is 0. The van der Waals surface area contributed by atoms with Crippen molar-refractivity contribution in [2.45, 2.75) is 50.0 Å². The third kappa shape index (κ3) is 3.56. The Morgan fingerprint density at radius 3 is 2.52 bits per heavy atom. The predicted molar refractivity (Wildman–Crippen MR) is 83.4 cm³/mol. The lowest BCUT2D eigenvalue weighted by Gasteiger charge is -2.33. The standard InChI is InChI=1S/C15H24N2O3S/c1-12-11-14(7-8-15(12)16)21(19,20)17(9-10-18)13-5-3-2-4-6-13/h7-8,11,13,18H,2-6,9-10,16H2,1H3. The van der Waals surface area contributed by atoms with Gasteiger partial charge in [0.05, 0.1) is 11.5 Å². The largest absolute Gasteiger partial charge is 0.399 e. The van der Waals surface area contributed by atoms with E-state index in [4.69, 9.17) is 5.73 Å². The minimum atomic E-state index is -3.58. The Balaban J connectivity index is 2.34. The quantitative estimate of drug-likeness (QED) is 0.813. The number of nitrogens with two attached hydrogens (primary N) is 1. The average molecular weight is 312 g/mol. The zero-order chi connectivity index (χ0) is 15.5. The average Bonchev–Trinajstić information content (AvgIpc) is 2.48. The Morgan fingerprint density at radius 2 is 1.95 bits per heavy atom. The maximum atomic E-state index is 12.9. The van der Waals surface area contributed by atoms with Crippen molar-refractivity contribution < 1.29 is 13.5 Å². The Bertz CT molecular complexity index is 581. The van der Waals surface area contributed by atoms with E-state index in [-0.39, 0.29) is 24.1 Å². The summed E-state index contributed by atoms with van der Waals surface area (Å²) in [6, 6.07) is 4.77. The number of rotatable bonds is 5. The molecular formula is C15H24N2O3S. The van der Waals surface area contributed by atoms with Gasteiger partial charge in [-0.3, -0.25) is 0 Å². The molecule has 118 valence electrons. The van der Waals surface area contributed by atoms with Gasteiger partial charge >= 0.3 is 0 Å². The normalized spacial score (nSPS) is 17.3. The minimum Gasteiger partial charge on any atom is -0.399 e. The molecule has 0 spiro atoms. The smallest absolute Gasteiger partial charge is 0.243 e. The van der Waals surface area contributed by atoms with Crippen LogP contribution in [-0.2, 0) is 10.0 Å². The van der Waals surface area contributed by atoms with Crippen LogP contribution in [0.15, 0.2) is 23.1 Å². The molecule has 1 fully saturated rings. The molecular weight excluding hydrogens is 288 g/mol. The van der Waals surface area contributed by atoms with Crippen LogP contribution >= 0.6 is 0 Å². The molecule has 6 heteroatoms. The fraction of sp³-hybridized carbons (Fsp3) is 0.600. The lowest BCUT2D eigenvalue weighted by Crippen LogP contribution is -2.43. The lowest BCUT2D eigenvalue weighted by molar-refractivity contribution is 0.199. The fourth-order valence-electron chi connectivity index (χ4n) is 2.91. The number of sulfonamides is 1. The third-order valence-corrected chi connectivity index (χ3v) is 6.10. The van der Waals surface area contributed by atoms with E-state index in [2.05, 4.69) is 0 Å². The van der Waals surface area contributed by atoms with Gasteiger partial charge < -0.3 is 10.8 Å². The monoisotopic (exact) mass is 312 g/mol. The Hall–Kier alpha value is -1.11. The van der Waals surface area contributed by atoms with Crippen molar-refractivity contribution in [1.29, 1.82) is 0 Å². The molecule has 21 heavy (non-hydrogen) atoms. The number of nitrogens with zero attached hydrogens (tertiary/aromatic N) is 1. The van der Waals surface area contributed by atoms with E-state index in [1.807, 2.05) is 0 Å². The molecule has 0 radical (unpaired) electrons. The van der Waals surface area contributed by atoms with E-state index >= 15 is 0 Å². The Labute approximate surface area is 126 Å². The van der Waals surface area contributed by atoms with Crippen molar-refractivity contribution in [2.75, 3.05) is 18.9 Å². The topological polar surface area (TPSA) is 83.6 Å². The lowest BCUT2D eigenvalue weighted by atomic mass is 9.95. The molecule has 5 nitrogen and oxygen atoms in total. The second kappa shape index (κ2) is 6.77. The molecule has 0 aliphatic heterocycles. The van der Waals surface area contributed by atoms with Crippen molar-refractivity contribution in [3.8, 4) is 0 Å². The third-order valence-electron chi connectivity index (χ3n) is 4.15. The summed E-state index contributed by atoms with van der Waals surface area (Å²) in [5, 5.41) is 9.25. The van der Waals surface area contributed by atoms with Crippen molar-refractivity contribution in [3.63, 3.8) is 0 Å². The molecule has 2 rings (SSSR count). The van der Waals surface area contributed by atoms with Gasteiger partial charge in [-0.2, -0.15) is 4.31 Å². The van der Waals surface area contributed by atoms with E-state index in [1.54, 1.807) is 25.1 Å². The molecule has 3 N–H and O–H groups in total. The second-order valence-electron chi connectivity index (χ2n) is 5.65. The van der Waals surface area contributed by atoms with Gasteiger partial charge in [0.2, 0.25) is 10.0 Å². The van der Waals surface area contributed by atoms with Crippen LogP contribution in [0.4, 0.5) is 5.69 Å². The Kier molecular flexibility index (Phi) is 5.24. The van der Waals surface area contributed by atoms with E-state index < -0.39 is 10.0 Å². The summed E-state index contributed by atoms with van der Waals surface area (Å²) in [6.45, 7) is 1.78. The molecule has 1 aromatic carbocycles. The first kappa shape index (κ1) is 16.3. The molecule has 0 heterocycles. The SMILES string of the molecule is Cc1cc(S(=O)(=O)N(CCO)C2CCCCC2)ccc1N. The van der Waals surface area contributed by atoms with Gasteiger partial charge in [-0.25, -0.2) is 8.42 Å². The molecule has 1 saturated carbocycles. The van der Waals surface area contributed by atoms with Crippen molar-refractivity contribution in [2.24, 2.45) is 0 Å². The van der Waals surface area contributed by atoms with E-state index in [9.17, 15) is 13.5 Å². The summed E-state index contributed by atoms with van der Waals surface area (Å²) in [5.74, 6) is 0. The number of aliphatic hydroxyl groups is 1. The van der Waals surface area contributed by atoms with Gasteiger partial charge in [0.15, 0.2) is 0 Å². The van der Waals surface area contributed by atoms with E-state index in [0.29, 0.717) is 5.69 Å². The van der Waals surface area contributed by atoms with Crippen molar-refractivity contribution in [3.05, 3.63) is 23.8 Å². The van der Waals surface area contributed by atoms with Crippen LogP contribution in [0.2, 0.25) is 0 Å². The van der Waals surface area contributed by atoms with E-state index in [0.717, 1.165) is 37.7 Å². The molecule has 0 aromatic heterocycles. The number of anilines is 1. The summed E-state index contributed by atoms with van der Waals surface area (Å²) in [5.41, 5.74) is 7.10. The number of nitrogen functional groups attached to an aromatic ring is 1. The van der Waals surface area contributed by atoms with Gasteiger partial charge in [0, 0.05) is 18.3 Å². The molecule has 1 aromatic rings. The van der Waals surface area contributed by atoms with Crippen molar-refractivity contribution in [1.82, 2.24) is 4.31 Å². The summed E-state index contributed by atoms with van der Waals surface area (Å²) < 4.78 is 27.2. The molecule has 0 bridgehead atoms. The number of aliphatic hydroxyl groups excluding tert-OH is 1. The van der Waals surface area contributed by atoms with Gasteiger partial charge in [0.1, 0.15) is 0 Å². The fourth-order valence-corrected chi connectivity index (χ4v) is 4.67. The number of aryl methyl sites for hydroxylation is 1. The van der Waals surface area contributed by atoms with Crippen LogP contribution < -0.4 is 5.73 Å². The molecule has 0 atom stereocenters. The van der Waals surface area contributed by atoms with Crippen LogP contribution in [0.25, 0.3) is 0 Å².